The number of piperidine rings is 1. The number of rotatable bonds is 6. The molecule has 0 atom stereocenters. The van der Waals surface area contributed by atoms with Crippen LogP contribution >= 0.6 is 23.2 Å². The van der Waals surface area contributed by atoms with Gasteiger partial charge in [-0.2, -0.15) is 5.10 Å². The molecule has 0 unspecified atom stereocenters. The van der Waals surface area contributed by atoms with Crippen LogP contribution in [0.1, 0.15) is 59.6 Å². The maximum absolute atomic E-state index is 13.2. The van der Waals surface area contributed by atoms with Gasteiger partial charge in [-0.15, -0.1) is 0 Å². The fourth-order valence-corrected chi connectivity index (χ4v) is 4.81. The van der Waals surface area contributed by atoms with Crippen LogP contribution < -0.4 is 5.32 Å². The molecule has 0 spiro atoms. The van der Waals surface area contributed by atoms with E-state index in [1.807, 2.05) is 35.2 Å². The van der Waals surface area contributed by atoms with Gasteiger partial charge in [0.15, 0.2) is 0 Å². The molecule has 170 valence electrons. The molecule has 2 heterocycles. The fourth-order valence-electron chi connectivity index (χ4n) is 4.32. The topological polar surface area (TPSA) is 67.2 Å². The van der Waals surface area contributed by atoms with Crippen LogP contribution in [0, 0.1) is 0 Å². The van der Waals surface area contributed by atoms with Crippen LogP contribution in [0.4, 0.5) is 5.69 Å². The van der Waals surface area contributed by atoms with Gasteiger partial charge >= 0.3 is 0 Å². The van der Waals surface area contributed by atoms with Gasteiger partial charge in [0.2, 0.25) is 5.91 Å². The Morgan fingerprint density at radius 2 is 1.97 bits per heavy atom. The van der Waals surface area contributed by atoms with E-state index in [0.717, 1.165) is 43.5 Å². The first kappa shape index (κ1) is 22.0. The van der Waals surface area contributed by atoms with Crippen molar-refractivity contribution in [3.8, 4) is 5.69 Å². The number of hydrogen-bond acceptors (Lipinski definition) is 3. The fraction of sp³-hybridized carbons (Fsp3) is 0.320. The first-order valence-corrected chi connectivity index (χ1v) is 12.0. The van der Waals surface area contributed by atoms with E-state index in [0.29, 0.717) is 39.9 Å². The lowest BCUT2D eigenvalue weighted by Crippen LogP contribution is -2.34. The first-order chi connectivity index (χ1) is 16.0. The Morgan fingerprint density at radius 3 is 2.73 bits per heavy atom. The third kappa shape index (κ3) is 4.77. The van der Waals surface area contributed by atoms with Gasteiger partial charge in [0, 0.05) is 36.1 Å². The highest BCUT2D eigenvalue weighted by atomic mass is 35.5. The maximum Gasteiger partial charge on any atom is 0.259 e. The number of carbonyl (C=O) groups excluding carboxylic acids is 2. The van der Waals surface area contributed by atoms with Crippen LogP contribution in [0.25, 0.3) is 5.69 Å². The molecule has 8 heteroatoms. The van der Waals surface area contributed by atoms with Crippen LogP contribution in [0.5, 0.6) is 0 Å². The predicted octanol–water partition coefficient (Wildman–Crippen LogP) is 5.82. The van der Waals surface area contributed by atoms with E-state index in [4.69, 9.17) is 23.2 Å². The average Bonchev–Trinajstić information content (AvgIpc) is 3.54. The summed E-state index contributed by atoms with van der Waals surface area (Å²) in [6, 6.07) is 12.9. The molecular formula is C25H24Cl2N4O2. The van der Waals surface area contributed by atoms with Gasteiger partial charge in [0.05, 0.1) is 28.2 Å². The van der Waals surface area contributed by atoms with Gasteiger partial charge in [-0.3, -0.25) is 9.59 Å². The Hall–Kier alpha value is -2.83. The van der Waals surface area contributed by atoms with Gasteiger partial charge in [0.25, 0.3) is 5.91 Å². The van der Waals surface area contributed by atoms with E-state index in [-0.39, 0.29) is 17.7 Å². The summed E-state index contributed by atoms with van der Waals surface area (Å²) in [5.74, 6) is 0.258. The van der Waals surface area contributed by atoms with Crippen molar-refractivity contribution in [1.82, 2.24) is 14.7 Å². The Kier molecular flexibility index (Phi) is 6.13. The van der Waals surface area contributed by atoms with Crippen molar-refractivity contribution in [2.75, 3.05) is 11.9 Å². The van der Waals surface area contributed by atoms with E-state index in [1.165, 1.54) is 0 Å². The number of nitrogens with zero attached hydrogens (tertiary/aromatic N) is 3. The molecule has 2 aromatic carbocycles. The zero-order valence-corrected chi connectivity index (χ0v) is 19.6. The normalized spacial score (nSPS) is 16.2. The molecule has 2 fully saturated rings. The van der Waals surface area contributed by atoms with E-state index < -0.39 is 0 Å². The largest absolute Gasteiger partial charge is 0.338 e. The highest BCUT2D eigenvalue weighted by Crippen LogP contribution is 2.43. The van der Waals surface area contributed by atoms with E-state index in [1.54, 1.807) is 23.0 Å². The Balaban J connectivity index is 1.37. The minimum atomic E-state index is -0.209. The number of benzene rings is 2. The van der Waals surface area contributed by atoms with Crippen LogP contribution in [0.15, 0.2) is 48.7 Å². The van der Waals surface area contributed by atoms with Crippen LogP contribution in [0.2, 0.25) is 10.0 Å². The second-order valence-corrected chi connectivity index (χ2v) is 9.50. The molecule has 1 saturated heterocycles. The molecular weight excluding hydrogens is 459 g/mol. The molecule has 3 aromatic rings. The van der Waals surface area contributed by atoms with Gasteiger partial charge in [-0.1, -0.05) is 35.3 Å². The highest BCUT2D eigenvalue weighted by Gasteiger charge is 2.33. The van der Waals surface area contributed by atoms with Gasteiger partial charge in [0.1, 0.15) is 0 Å². The van der Waals surface area contributed by atoms with Gasteiger partial charge in [-0.05, 0) is 61.6 Å². The number of carbonyl (C=O) groups is 2. The predicted molar refractivity (Wildman–Crippen MR) is 129 cm³/mol. The van der Waals surface area contributed by atoms with E-state index >= 15 is 0 Å². The summed E-state index contributed by atoms with van der Waals surface area (Å²) < 4.78 is 1.75. The van der Waals surface area contributed by atoms with Crippen molar-refractivity contribution in [3.05, 3.63) is 75.5 Å². The second kappa shape index (κ2) is 9.20. The zero-order chi connectivity index (χ0) is 22.9. The molecule has 5 rings (SSSR count). The van der Waals surface area contributed by atoms with Crippen molar-refractivity contribution in [3.63, 3.8) is 0 Å². The minimum Gasteiger partial charge on any atom is -0.338 e. The first-order valence-electron chi connectivity index (χ1n) is 11.2. The summed E-state index contributed by atoms with van der Waals surface area (Å²) >= 11 is 12.5. The maximum atomic E-state index is 13.2. The summed E-state index contributed by atoms with van der Waals surface area (Å²) in [5, 5.41) is 8.53. The molecule has 0 radical (unpaired) electrons. The lowest BCUT2D eigenvalue weighted by atomic mass is 10.1. The van der Waals surface area contributed by atoms with Crippen molar-refractivity contribution < 1.29 is 9.59 Å². The number of amides is 2. The number of anilines is 1. The average molecular weight is 483 g/mol. The number of likely N-dealkylation sites (tertiary alicyclic amines) is 1. The smallest absolute Gasteiger partial charge is 0.259 e. The Bertz CT molecular complexity index is 1220. The Morgan fingerprint density at radius 1 is 1.12 bits per heavy atom. The lowest BCUT2D eigenvalue weighted by molar-refractivity contribution is -0.133. The third-order valence-corrected chi connectivity index (χ3v) is 6.67. The SMILES string of the molecule is O=C(Nc1cccc(CN2CCCCC2=O)c1)c1cnn(-c2ccc(Cl)cc2Cl)c1C1CC1. The third-order valence-electron chi connectivity index (χ3n) is 6.13. The summed E-state index contributed by atoms with van der Waals surface area (Å²) in [4.78, 5) is 27.3. The van der Waals surface area contributed by atoms with Gasteiger partial charge < -0.3 is 10.2 Å². The van der Waals surface area contributed by atoms with Crippen molar-refractivity contribution in [1.29, 1.82) is 0 Å². The molecule has 1 saturated carbocycles. The van der Waals surface area contributed by atoms with Crippen LogP contribution in [-0.2, 0) is 11.3 Å². The Labute approximate surface area is 202 Å². The molecule has 1 aromatic heterocycles. The zero-order valence-electron chi connectivity index (χ0n) is 18.1. The molecule has 1 aliphatic carbocycles. The number of nitrogens with one attached hydrogen (secondary N) is 1. The number of hydrogen-bond donors (Lipinski definition) is 1. The van der Waals surface area contributed by atoms with E-state index in [2.05, 4.69) is 10.4 Å². The minimum absolute atomic E-state index is 0.193. The molecule has 0 bridgehead atoms. The number of aromatic nitrogens is 2. The van der Waals surface area contributed by atoms with Crippen molar-refractivity contribution in [2.45, 2.75) is 44.6 Å². The molecule has 6 nitrogen and oxygen atoms in total. The summed E-state index contributed by atoms with van der Waals surface area (Å²) in [6.45, 7) is 1.34. The van der Waals surface area contributed by atoms with Crippen molar-refractivity contribution >= 4 is 40.7 Å². The van der Waals surface area contributed by atoms with Gasteiger partial charge in [-0.25, -0.2) is 4.68 Å². The molecule has 2 amide bonds. The quantitative estimate of drug-likeness (QED) is 0.481. The van der Waals surface area contributed by atoms with Crippen LogP contribution in [0.3, 0.4) is 0 Å². The highest BCUT2D eigenvalue weighted by molar-refractivity contribution is 6.35. The molecule has 2 aliphatic rings. The second-order valence-electron chi connectivity index (χ2n) is 8.65. The summed E-state index contributed by atoms with van der Waals surface area (Å²) in [5.41, 5.74) is 3.80. The lowest BCUT2D eigenvalue weighted by Gasteiger charge is -2.26. The summed E-state index contributed by atoms with van der Waals surface area (Å²) in [6.07, 6.45) is 6.23. The van der Waals surface area contributed by atoms with Crippen LogP contribution in [-0.4, -0.2) is 33.0 Å². The number of halogens is 2. The standard InChI is InChI=1S/C25H24Cl2N4O2/c26-18-9-10-22(21(27)13-18)31-24(17-7-8-17)20(14-28-31)25(33)29-19-5-3-4-16(12-19)15-30-11-2-1-6-23(30)32/h3-5,9-10,12-14,17H,1-2,6-8,11,15H2,(H,29,33). The molecule has 33 heavy (non-hydrogen) atoms. The molecule has 1 N–H and O–H groups in total. The molecule has 1 aliphatic heterocycles. The van der Waals surface area contributed by atoms with E-state index in [9.17, 15) is 9.59 Å². The van der Waals surface area contributed by atoms with Crippen molar-refractivity contribution in [2.24, 2.45) is 0 Å². The summed E-state index contributed by atoms with van der Waals surface area (Å²) in [7, 11) is 0. The monoisotopic (exact) mass is 482 g/mol.